The minimum atomic E-state index is -0.180. The first-order chi connectivity index (χ1) is 13.2. The molecule has 4 heteroatoms. The molecule has 0 aliphatic heterocycles. The maximum Gasteiger partial charge on any atom is 0.123 e. The summed E-state index contributed by atoms with van der Waals surface area (Å²) in [6.07, 6.45) is 6.41. The molecule has 0 bridgehead atoms. The molecule has 0 heterocycles. The first kappa shape index (κ1) is 20.4. The van der Waals surface area contributed by atoms with E-state index in [-0.39, 0.29) is 11.9 Å². The van der Waals surface area contributed by atoms with Crippen LogP contribution in [0.1, 0.15) is 54.4 Å². The molecule has 0 aromatic heterocycles. The van der Waals surface area contributed by atoms with E-state index in [1.165, 1.54) is 28.9 Å². The summed E-state index contributed by atoms with van der Waals surface area (Å²) < 4.78 is 16.7. The summed E-state index contributed by atoms with van der Waals surface area (Å²) in [5, 5.41) is 0. The highest BCUT2D eigenvalue weighted by atomic mass is 32.2. The molecule has 2 nitrogen and oxygen atoms in total. The second kappa shape index (κ2) is 10.3. The van der Waals surface area contributed by atoms with Gasteiger partial charge in [-0.3, -0.25) is 4.72 Å². The molecule has 0 amide bonds. The van der Waals surface area contributed by atoms with Crippen LogP contribution in [0.2, 0.25) is 0 Å². The Kier molecular flexibility index (Phi) is 7.74. The Labute approximate surface area is 167 Å². The van der Waals surface area contributed by atoms with Gasteiger partial charge in [0.25, 0.3) is 0 Å². The number of hydrogen-bond acceptors (Lipinski definition) is 3. The minimum Gasteiger partial charge on any atom is -0.327 e. The lowest BCUT2D eigenvalue weighted by Crippen LogP contribution is -2.34. The third kappa shape index (κ3) is 5.81. The van der Waals surface area contributed by atoms with Crippen molar-refractivity contribution in [2.75, 3.05) is 12.3 Å². The van der Waals surface area contributed by atoms with Gasteiger partial charge < -0.3 is 5.73 Å². The Hall–Kier alpha value is -1.36. The van der Waals surface area contributed by atoms with Crippen LogP contribution in [0, 0.1) is 5.82 Å². The summed E-state index contributed by atoms with van der Waals surface area (Å²) in [6.45, 7) is 3.25. The third-order valence-corrected chi connectivity index (χ3v) is 6.42. The number of nitrogens with two attached hydrogens (primary N) is 1. The third-order valence-electron chi connectivity index (χ3n) is 5.39. The van der Waals surface area contributed by atoms with Crippen LogP contribution in [0.25, 0.3) is 0 Å². The van der Waals surface area contributed by atoms with Crippen molar-refractivity contribution in [1.82, 2.24) is 4.72 Å². The number of aryl methyl sites for hydroxylation is 2. The maximum atomic E-state index is 13.2. The van der Waals surface area contributed by atoms with Crippen molar-refractivity contribution in [1.29, 1.82) is 0 Å². The largest absolute Gasteiger partial charge is 0.327 e. The molecule has 146 valence electrons. The minimum absolute atomic E-state index is 0.171. The Balaban J connectivity index is 1.66. The summed E-state index contributed by atoms with van der Waals surface area (Å²) in [6, 6.07) is 14.0. The van der Waals surface area contributed by atoms with E-state index in [2.05, 4.69) is 29.8 Å². The van der Waals surface area contributed by atoms with Gasteiger partial charge in [-0.25, -0.2) is 4.39 Å². The van der Waals surface area contributed by atoms with Gasteiger partial charge in [0, 0.05) is 24.3 Å². The predicted octanol–water partition coefficient (Wildman–Crippen LogP) is 5.01. The number of halogens is 1. The Bertz CT molecular complexity index is 717. The van der Waals surface area contributed by atoms with E-state index in [1.807, 2.05) is 24.1 Å². The molecule has 0 spiro atoms. The van der Waals surface area contributed by atoms with Gasteiger partial charge in [-0.1, -0.05) is 49.2 Å². The summed E-state index contributed by atoms with van der Waals surface area (Å²) in [5.41, 5.74) is 11.9. The van der Waals surface area contributed by atoms with Crippen molar-refractivity contribution in [2.45, 2.75) is 57.4 Å². The molecule has 2 aromatic carbocycles. The van der Waals surface area contributed by atoms with Crippen LogP contribution in [0.3, 0.4) is 0 Å². The molecule has 27 heavy (non-hydrogen) atoms. The van der Waals surface area contributed by atoms with E-state index in [0.29, 0.717) is 5.92 Å². The van der Waals surface area contributed by atoms with Crippen molar-refractivity contribution >= 4 is 11.9 Å². The first-order valence-electron chi connectivity index (χ1n) is 10.1. The van der Waals surface area contributed by atoms with E-state index in [9.17, 15) is 4.39 Å². The van der Waals surface area contributed by atoms with Gasteiger partial charge >= 0.3 is 0 Å². The van der Waals surface area contributed by atoms with Gasteiger partial charge in [-0.2, -0.15) is 0 Å². The quantitative estimate of drug-likeness (QED) is 0.470. The topological polar surface area (TPSA) is 38.0 Å². The molecule has 2 atom stereocenters. The van der Waals surface area contributed by atoms with Crippen molar-refractivity contribution in [3.8, 4) is 0 Å². The van der Waals surface area contributed by atoms with E-state index < -0.39 is 0 Å². The molecular weight excluding hydrogens is 355 g/mol. The van der Waals surface area contributed by atoms with Crippen LogP contribution in [0.15, 0.2) is 42.5 Å². The standard InChI is InChI=1S/C23H31FN2S/c1-2-14-27-26-13-3-4-17-5-8-19-9-12-23(25)22(21(19)15-17)16-18-6-10-20(24)11-7-18/h5-8,10-11,15,22-23,26H,2-4,9,12-14,16,25H2,1H3. The number of fused-ring (bicyclic) bond motifs is 1. The van der Waals surface area contributed by atoms with E-state index in [4.69, 9.17) is 5.73 Å². The molecule has 3 N–H and O–H groups in total. The van der Waals surface area contributed by atoms with Gasteiger partial charge in [0.2, 0.25) is 0 Å². The smallest absolute Gasteiger partial charge is 0.123 e. The fraction of sp³-hybridized carbons (Fsp3) is 0.478. The summed E-state index contributed by atoms with van der Waals surface area (Å²) in [4.78, 5) is 0. The number of hydrogen-bond donors (Lipinski definition) is 2. The van der Waals surface area contributed by atoms with Crippen LogP contribution in [0.5, 0.6) is 0 Å². The lowest BCUT2D eigenvalue weighted by Gasteiger charge is -2.32. The van der Waals surface area contributed by atoms with Crippen molar-refractivity contribution in [3.63, 3.8) is 0 Å². The van der Waals surface area contributed by atoms with Gasteiger partial charge in [-0.05, 0) is 72.9 Å². The number of nitrogens with one attached hydrogen (secondary N) is 1. The normalized spacial score (nSPS) is 19.1. The molecular formula is C23H31FN2S. The van der Waals surface area contributed by atoms with Crippen LogP contribution in [0.4, 0.5) is 4.39 Å². The van der Waals surface area contributed by atoms with Crippen LogP contribution in [-0.2, 0) is 19.3 Å². The summed E-state index contributed by atoms with van der Waals surface area (Å²) in [5.74, 6) is 1.31. The second-order valence-corrected chi connectivity index (χ2v) is 8.50. The van der Waals surface area contributed by atoms with Crippen LogP contribution in [-0.4, -0.2) is 18.3 Å². The molecule has 1 aliphatic rings. The monoisotopic (exact) mass is 386 g/mol. The van der Waals surface area contributed by atoms with Gasteiger partial charge in [-0.15, -0.1) is 0 Å². The Morgan fingerprint density at radius 3 is 2.70 bits per heavy atom. The molecule has 0 fully saturated rings. The molecule has 2 aromatic rings. The van der Waals surface area contributed by atoms with Gasteiger partial charge in [0.1, 0.15) is 5.82 Å². The number of rotatable bonds is 9. The molecule has 0 radical (unpaired) electrons. The number of benzene rings is 2. The molecule has 1 aliphatic carbocycles. The highest BCUT2D eigenvalue weighted by Crippen LogP contribution is 2.34. The zero-order valence-electron chi connectivity index (χ0n) is 16.2. The second-order valence-electron chi connectivity index (χ2n) is 7.52. The van der Waals surface area contributed by atoms with Crippen LogP contribution < -0.4 is 10.5 Å². The Morgan fingerprint density at radius 2 is 1.93 bits per heavy atom. The van der Waals surface area contributed by atoms with E-state index in [1.54, 1.807) is 12.1 Å². The van der Waals surface area contributed by atoms with Gasteiger partial charge in [0.05, 0.1) is 0 Å². The average Bonchev–Trinajstić information content (AvgIpc) is 2.68. The predicted molar refractivity (Wildman–Crippen MR) is 115 cm³/mol. The lowest BCUT2D eigenvalue weighted by atomic mass is 9.76. The maximum absolute atomic E-state index is 13.2. The summed E-state index contributed by atoms with van der Waals surface area (Å²) >= 11 is 1.82. The van der Waals surface area contributed by atoms with Crippen molar-refractivity contribution < 1.29 is 4.39 Å². The summed E-state index contributed by atoms with van der Waals surface area (Å²) in [7, 11) is 0. The lowest BCUT2D eigenvalue weighted by molar-refractivity contribution is 0.467. The average molecular weight is 387 g/mol. The highest BCUT2D eigenvalue weighted by Gasteiger charge is 2.27. The SMILES string of the molecule is CCCSNCCCc1ccc2c(c1)C(Cc1ccc(F)cc1)C(N)CC2. The highest BCUT2D eigenvalue weighted by molar-refractivity contribution is 7.97. The molecule has 3 rings (SSSR count). The zero-order valence-corrected chi connectivity index (χ0v) is 17.0. The van der Waals surface area contributed by atoms with E-state index in [0.717, 1.165) is 44.2 Å². The molecule has 0 saturated heterocycles. The van der Waals surface area contributed by atoms with Crippen LogP contribution >= 0.6 is 11.9 Å². The van der Waals surface area contributed by atoms with Crippen molar-refractivity contribution in [3.05, 3.63) is 70.5 Å². The Morgan fingerprint density at radius 1 is 1.15 bits per heavy atom. The van der Waals surface area contributed by atoms with Crippen molar-refractivity contribution in [2.24, 2.45) is 5.73 Å². The van der Waals surface area contributed by atoms with Gasteiger partial charge in [0.15, 0.2) is 0 Å². The molecule has 0 saturated carbocycles. The first-order valence-corrected chi connectivity index (χ1v) is 11.1. The fourth-order valence-corrected chi connectivity index (χ4v) is 4.51. The zero-order chi connectivity index (χ0) is 19.1. The molecule has 2 unspecified atom stereocenters. The fourth-order valence-electron chi connectivity index (χ4n) is 3.87. The van der Waals surface area contributed by atoms with E-state index >= 15 is 0 Å².